The zero-order chi connectivity index (χ0) is 18.4. The second-order valence-electron chi connectivity index (χ2n) is 4.93. The molecule has 0 aliphatic heterocycles. The molecule has 0 bridgehead atoms. The Morgan fingerprint density at radius 1 is 1.08 bits per heavy atom. The fourth-order valence-electron chi connectivity index (χ4n) is 2.14. The minimum Gasteiger partial charge on any atom is -0.503 e. The van der Waals surface area contributed by atoms with Crippen LogP contribution in [0.1, 0.15) is 5.76 Å². The topological polar surface area (TPSA) is 79.9 Å². The van der Waals surface area contributed by atoms with E-state index in [0.717, 1.165) is 6.07 Å². The summed E-state index contributed by atoms with van der Waals surface area (Å²) in [6, 6.07) is 8.44. The summed E-state index contributed by atoms with van der Waals surface area (Å²) in [4.78, 5) is 12.5. The van der Waals surface area contributed by atoms with Gasteiger partial charge in [0.25, 0.3) is 5.76 Å². The summed E-state index contributed by atoms with van der Waals surface area (Å²) in [5.74, 6) is -4.52. The molecular formula is C16H8BrF3O5. The lowest BCUT2D eigenvalue weighted by Crippen LogP contribution is -2.15. The molecule has 1 aromatic heterocycles. The van der Waals surface area contributed by atoms with Gasteiger partial charge in [-0.2, -0.15) is 13.2 Å². The van der Waals surface area contributed by atoms with Crippen LogP contribution in [0.4, 0.5) is 13.2 Å². The van der Waals surface area contributed by atoms with E-state index < -0.39 is 40.2 Å². The predicted octanol–water partition coefficient (Wildman–Crippen LogP) is 4.78. The maximum atomic E-state index is 13.3. The Bertz CT molecular complexity index is 1010. The number of hydrogen-bond acceptors (Lipinski definition) is 5. The van der Waals surface area contributed by atoms with Crippen molar-refractivity contribution < 1.29 is 32.5 Å². The molecule has 130 valence electrons. The van der Waals surface area contributed by atoms with Gasteiger partial charge < -0.3 is 19.4 Å². The van der Waals surface area contributed by atoms with Gasteiger partial charge in [-0.1, -0.05) is 18.2 Å². The molecular weight excluding hydrogens is 409 g/mol. The highest BCUT2D eigenvalue weighted by Gasteiger charge is 2.41. The van der Waals surface area contributed by atoms with Crippen molar-refractivity contribution in [3.05, 3.63) is 56.9 Å². The molecule has 0 saturated carbocycles. The highest BCUT2D eigenvalue weighted by Crippen LogP contribution is 2.44. The molecule has 0 aliphatic carbocycles. The molecule has 2 N–H and O–H groups in total. The van der Waals surface area contributed by atoms with E-state index in [1.54, 1.807) is 6.07 Å². The summed E-state index contributed by atoms with van der Waals surface area (Å²) in [5.41, 5.74) is -1.94. The van der Waals surface area contributed by atoms with Crippen LogP contribution in [0.25, 0.3) is 11.0 Å². The summed E-state index contributed by atoms with van der Waals surface area (Å²) in [6.45, 7) is 0. The van der Waals surface area contributed by atoms with E-state index in [-0.39, 0.29) is 15.6 Å². The number of phenols is 2. The molecule has 0 aliphatic rings. The third-order valence-corrected chi connectivity index (χ3v) is 3.87. The summed E-state index contributed by atoms with van der Waals surface area (Å²) in [7, 11) is 0. The van der Waals surface area contributed by atoms with Gasteiger partial charge in [0.15, 0.2) is 11.3 Å². The highest BCUT2D eigenvalue weighted by molar-refractivity contribution is 9.10. The number of halogens is 4. The van der Waals surface area contributed by atoms with Crippen molar-refractivity contribution >= 4 is 26.9 Å². The number of fused-ring (bicyclic) bond motifs is 1. The average molecular weight is 417 g/mol. The fourth-order valence-corrected chi connectivity index (χ4v) is 2.56. The van der Waals surface area contributed by atoms with Crippen molar-refractivity contribution in [2.24, 2.45) is 0 Å². The first-order valence-corrected chi connectivity index (χ1v) is 7.50. The molecule has 0 fully saturated rings. The van der Waals surface area contributed by atoms with E-state index in [1.165, 1.54) is 24.3 Å². The van der Waals surface area contributed by atoms with Crippen molar-refractivity contribution in [1.82, 2.24) is 0 Å². The molecule has 0 unspecified atom stereocenters. The molecule has 2 aromatic carbocycles. The van der Waals surface area contributed by atoms with Gasteiger partial charge in [0, 0.05) is 0 Å². The quantitative estimate of drug-likeness (QED) is 0.587. The number of hydrogen-bond donors (Lipinski definition) is 2. The molecule has 5 nitrogen and oxygen atoms in total. The lowest BCUT2D eigenvalue weighted by Gasteiger charge is -2.14. The molecule has 0 spiro atoms. The van der Waals surface area contributed by atoms with Crippen molar-refractivity contribution in [1.29, 1.82) is 0 Å². The van der Waals surface area contributed by atoms with Crippen LogP contribution in [0, 0.1) is 0 Å². The molecule has 0 saturated heterocycles. The molecule has 9 heteroatoms. The van der Waals surface area contributed by atoms with Gasteiger partial charge in [0.05, 0.1) is 9.86 Å². The van der Waals surface area contributed by atoms with Gasteiger partial charge in [-0.3, -0.25) is 4.79 Å². The van der Waals surface area contributed by atoms with E-state index in [1.807, 2.05) is 0 Å². The van der Waals surface area contributed by atoms with Crippen LogP contribution in [-0.2, 0) is 6.18 Å². The van der Waals surface area contributed by atoms with E-state index >= 15 is 0 Å². The van der Waals surface area contributed by atoms with E-state index in [0.29, 0.717) is 0 Å². The summed E-state index contributed by atoms with van der Waals surface area (Å²) >= 11 is 2.90. The van der Waals surface area contributed by atoms with Crippen LogP contribution in [0.15, 0.2) is 50.1 Å². The second kappa shape index (κ2) is 5.99. The third kappa shape index (κ3) is 3.02. The highest BCUT2D eigenvalue weighted by atomic mass is 79.9. The summed E-state index contributed by atoms with van der Waals surface area (Å²) < 4.78 is 49.6. The lowest BCUT2D eigenvalue weighted by atomic mass is 10.1. The number of para-hydroxylation sites is 1. The van der Waals surface area contributed by atoms with Gasteiger partial charge in [-0.15, -0.1) is 0 Å². The van der Waals surface area contributed by atoms with Crippen LogP contribution < -0.4 is 10.2 Å². The van der Waals surface area contributed by atoms with Gasteiger partial charge in [0.2, 0.25) is 16.9 Å². The molecule has 25 heavy (non-hydrogen) atoms. The summed E-state index contributed by atoms with van der Waals surface area (Å²) in [6.07, 6.45) is -5.06. The van der Waals surface area contributed by atoms with E-state index in [2.05, 4.69) is 15.9 Å². The first-order chi connectivity index (χ1) is 11.7. The normalized spacial score (nSPS) is 11.7. The average Bonchev–Trinajstić information content (AvgIpc) is 2.56. The first kappa shape index (κ1) is 17.2. The van der Waals surface area contributed by atoms with Crippen LogP contribution in [0.3, 0.4) is 0 Å². The molecule has 1 heterocycles. The van der Waals surface area contributed by atoms with Crippen molar-refractivity contribution in [3.8, 4) is 23.0 Å². The number of rotatable bonds is 2. The molecule has 3 rings (SSSR count). The first-order valence-electron chi connectivity index (χ1n) is 6.71. The fraction of sp³-hybridized carbons (Fsp3) is 0.0625. The Hall–Kier alpha value is -2.68. The Balaban J connectivity index is 2.36. The molecule has 3 aromatic rings. The largest absolute Gasteiger partial charge is 0.503 e. The standard InChI is InChI=1S/C16H8BrF3O5/c17-9-6-8-10(21)14(24-7-4-2-1-3-5-7)15(16(18,19)20)25-13(8)12(23)11(9)22/h1-6,22-23H. The van der Waals surface area contributed by atoms with Crippen molar-refractivity contribution in [3.63, 3.8) is 0 Å². The van der Waals surface area contributed by atoms with Crippen LogP contribution in [0.5, 0.6) is 23.0 Å². The second-order valence-corrected chi connectivity index (χ2v) is 5.79. The smallest absolute Gasteiger partial charge is 0.453 e. The van der Waals surface area contributed by atoms with Gasteiger partial charge >= 0.3 is 6.18 Å². The Morgan fingerprint density at radius 2 is 1.72 bits per heavy atom. The third-order valence-electron chi connectivity index (χ3n) is 3.26. The number of alkyl halides is 3. The number of aromatic hydroxyl groups is 2. The minimum atomic E-state index is -5.06. The van der Waals surface area contributed by atoms with Gasteiger partial charge in [0.1, 0.15) is 5.75 Å². The van der Waals surface area contributed by atoms with Crippen LogP contribution >= 0.6 is 15.9 Å². The molecule has 0 radical (unpaired) electrons. The number of benzene rings is 2. The zero-order valence-corrected chi connectivity index (χ0v) is 13.7. The van der Waals surface area contributed by atoms with Crippen molar-refractivity contribution in [2.75, 3.05) is 0 Å². The van der Waals surface area contributed by atoms with Gasteiger partial charge in [-0.05, 0) is 34.1 Å². The van der Waals surface area contributed by atoms with Crippen LogP contribution in [-0.4, -0.2) is 10.2 Å². The zero-order valence-electron chi connectivity index (χ0n) is 12.1. The van der Waals surface area contributed by atoms with E-state index in [4.69, 9.17) is 9.15 Å². The lowest BCUT2D eigenvalue weighted by molar-refractivity contribution is -0.154. The Labute approximate surface area is 146 Å². The predicted molar refractivity (Wildman–Crippen MR) is 85.0 cm³/mol. The van der Waals surface area contributed by atoms with Crippen LogP contribution in [0.2, 0.25) is 0 Å². The SMILES string of the molecule is O=c1c(Oc2ccccc2)c(C(F)(F)F)oc2c(O)c(O)c(Br)cc12. The van der Waals surface area contributed by atoms with Gasteiger partial charge in [-0.25, -0.2) is 0 Å². The number of ether oxygens (including phenoxy) is 1. The summed E-state index contributed by atoms with van der Waals surface area (Å²) in [5, 5.41) is 19.0. The maximum absolute atomic E-state index is 13.3. The Kier molecular flexibility index (Phi) is 4.11. The monoisotopic (exact) mass is 416 g/mol. The molecule has 0 amide bonds. The molecule has 0 atom stereocenters. The maximum Gasteiger partial charge on any atom is 0.453 e. The van der Waals surface area contributed by atoms with E-state index in [9.17, 15) is 28.2 Å². The van der Waals surface area contributed by atoms with Crippen molar-refractivity contribution in [2.45, 2.75) is 6.18 Å². The minimum absolute atomic E-state index is 0.00159. The number of phenolic OH excluding ortho intramolecular Hbond substituents is 2. The Morgan fingerprint density at radius 3 is 2.32 bits per heavy atom.